The van der Waals surface area contributed by atoms with E-state index in [9.17, 15) is 23.9 Å². The van der Waals surface area contributed by atoms with E-state index >= 15 is 0 Å². The van der Waals surface area contributed by atoms with Crippen molar-refractivity contribution in [3.05, 3.63) is 40.7 Å². The number of amides is 3. The molecular weight excluding hydrogens is 449 g/mol. The number of β-amino-alcohol motifs (C(OH)–C–C–N with tert-alkyl or cyclic N) is 1. The van der Waals surface area contributed by atoms with Crippen LogP contribution in [0.25, 0.3) is 6.08 Å². The third-order valence-electron chi connectivity index (χ3n) is 7.21. The molecule has 0 aromatic heterocycles. The summed E-state index contributed by atoms with van der Waals surface area (Å²) in [5.41, 5.74) is 0.629. The number of likely N-dealkylation sites (tertiary alicyclic amines) is 1. The van der Waals surface area contributed by atoms with Gasteiger partial charge in [-0.05, 0) is 55.4 Å². The largest absolute Gasteiger partial charge is 0.391 e. The van der Waals surface area contributed by atoms with Gasteiger partial charge in [0.25, 0.3) is 0 Å². The number of carbonyl (C=O) groups is 3. The SMILES string of the molecule is C[C@H]1C(=O)N(CCC(=O)N2CCC3(CC3)[C@H](O)C2)CCN1C(=O)C=Cc1ccc(F)c(Cl)c1. The van der Waals surface area contributed by atoms with Gasteiger partial charge in [0, 0.05) is 45.2 Å². The second-order valence-corrected chi connectivity index (χ2v) is 9.66. The Morgan fingerprint density at radius 1 is 1.24 bits per heavy atom. The second-order valence-electron chi connectivity index (χ2n) is 9.26. The smallest absolute Gasteiger partial charge is 0.247 e. The summed E-state index contributed by atoms with van der Waals surface area (Å²) in [4.78, 5) is 42.9. The molecule has 9 heteroatoms. The van der Waals surface area contributed by atoms with E-state index in [0.717, 1.165) is 19.3 Å². The van der Waals surface area contributed by atoms with Crippen LogP contribution in [0.2, 0.25) is 5.02 Å². The lowest BCUT2D eigenvalue weighted by Crippen LogP contribution is -2.57. The molecular formula is C24H29ClFN3O4. The van der Waals surface area contributed by atoms with Crippen LogP contribution < -0.4 is 0 Å². The Hall–Kier alpha value is -2.45. The highest BCUT2D eigenvalue weighted by Gasteiger charge is 2.51. The zero-order valence-corrected chi connectivity index (χ0v) is 19.4. The normalized spacial score (nSPS) is 24.6. The summed E-state index contributed by atoms with van der Waals surface area (Å²) >= 11 is 5.77. The fourth-order valence-corrected chi connectivity index (χ4v) is 4.90. The van der Waals surface area contributed by atoms with Gasteiger partial charge >= 0.3 is 0 Å². The minimum Gasteiger partial charge on any atom is -0.391 e. The van der Waals surface area contributed by atoms with Gasteiger partial charge in [-0.25, -0.2) is 4.39 Å². The van der Waals surface area contributed by atoms with Crippen molar-refractivity contribution in [3.63, 3.8) is 0 Å². The average Bonchev–Trinajstić information content (AvgIpc) is 3.58. The van der Waals surface area contributed by atoms with Crippen LogP contribution in [-0.4, -0.2) is 82.4 Å². The molecule has 1 spiro atoms. The first kappa shape index (κ1) is 23.7. The van der Waals surface area contributed by atoms with Crippen molar-refractivity contribution in [2.45, 2.75) is 44.8 Å². The van der Waals surface area contributed by atoms with Gasteiger partial charge in [-0.15, -0.1) is 0 Å². The molecule has 2 aliphatic heterocycles. The molecule has 3 fully saturated rings. The monoisotopic (exact) mass is 477 g/mol. The number of rotatable bonds is 5. The van der Waals surface area contributed by atoms with Crippen LogP contribution in [0.1, 0.15) is 38.2 Å². The van der Waals surface area contributed by atoms with Crippen LogP contribution in [0.15, 0.2) is 24.3 Å². The Bertz CT molecular complexity index is 980. The predicted molar refractivity (Wildman–Crippen MR) is 122 cm³/mol. The average molecular weight is 478 g/mol. The molecule has 1 saturated carbocycles. The van der Waals surface area contributed by atoms with E-state index in [2.05, 4.69) is 0 Å². The summed E-state index contributed by atoms with van der Waals surface area (Å²) < 4.78 is 13.3. The van der Waals surface area contributed by atoms with Crippen LogP contribution in [0.4, 0.5) is 4.39 Å². The van der Waals surface area contributed by atoms with Crippen molar-refractivity contribution in [3.8, 4) is 0 Å². The Morgan fingerprint density at radius 3 is 2.67 bits per heavy atom. The number of nitrogens with zero attached hydrogens (tertiary/aromatic N) is 3. The summed E-state index contributed by atoms with van der Waals surface area (Å²) in [5.74, 6) is -1.10. The van der Waals surface area contributed by atoms with Crippen molar-refractivity contribution < 1.29 is 23.9 Å². The molecule has 2 saturated heterocycles. The number of aliphatic hydroxyl groups excluding tert-OH is 1. The maximum Gasteiger partial charge on any atom is 0.247 e. The Kier molecular flexibility index (Phi) is 6.77. The van der Waals surface area contributed by atoms with Crippen molar-refractivity contribution >= 4 is 35.4 Å². The van der Waals surface area contributed by atoms with Crippen LogP contribution >= 0.6 is 11.6 Å². The number of carbonyl (C=O) groups excluding carboxylic acids is 3. The van der Waals surface area contributed by atoms with Gasteiger partial charge < -0.3 is 19.8 Å². The number of piperazine rings is 1. The Morgan fingerprint density at radius 2 is 2.00 bits per heavy atom. The molecule has 0 radical (unpaired) electrons. The molecule has 2 atom stereocenters. The lowest BCUT2D eigenvalue weighted by atomic mass is 9.90. The number of benzene rings is 1. The first-order chi connectivity index (χ1) is 15.7. The van der Waals surface area contributed by atoms with Crippen molar-refractivity contribution in [2.24, 2.45) is 5.41 Å². The van der Waals surface area contributed by atoms with Crippen molar-refractivity contribution in [1.82, 2.24) is 14.7 Å². The van der Waals surface area contributed by atoms with E-state index < -0.39 is 18.0 Å². The molecule has 7 nitrogen and oxygen atoms in total. The minimum atomic E-state index is -0.644. The maximum atomic E-state index is 13.3. The van der Waals surface area contributed by atoms with E-state index in [1.165, 1.54) is 35.3 Å². The van der Waals surface area contributed by atoms with Gasteiger partial charge in [0.1, 0.15) is 11.9 Å². The number of aliphatic hydroxyl groups is 1. The Balaban J connectivity index is 1.27. The third-order valence-corrected chi connectivity index (χ3v) is 7.50. The van der Waals surface area contributed by atoms with Gasteiger partial charge in [-0.2, -0.15) is 0 Å². The molecule has 0 unspecified atom stereocenters. The first-order valence-electron chi connectivity index (χ1n) is 11.4. The number of hydrogen-bond donors (Lipinski definition) is 1. The highest BCUT2D eigenvalue weighted by atomic mass is 35.5. The summed E-state index contributed by atoms with van der Waals surface area (Å²) in [6, 6.07) is 3.53. The predicted octanol–water partition coefficient (Wildman–Crippen LogP) is 2.32. The molecule has 3 aliphatic rings. The maximum absolute atomic E-state index is 13.3. The number of piperidine rings is 1. The lowest BCUT2D eigenvalue weighted by molar-refractivity contribution is -0.149. The van der Waals surface area contributed by atoms with Gasteiger partial charge in [0.2, 0.25) is 17.7 Å². The molecule has 2 heterocycles. The second kappa shape index (κ2) is 9.43. The fourth-order valence-electron chi connectivity index (χ4n) is 4.71. The molecule has 1 aromatic rings. The van der Waals surface area contributed by atoms with Gasteiger partial charge in [0.05, 0.1) is 11.1 Å². The molecule has 1 N–H and O–H groups in total. The summed E-state index contributed by atoms with van der Waals surface area (Å²) in [5, 5.41) is 10.3. The summed E-state index contributed by atoms with van der Waals surface area (Å²) in [6.07, 6.45) is 5.56. The number of halogens is 2. The topological polar surface area (TPSA) is 81.2 Å². The summed E-state index contributed by atoms with van der Waals surface area (Å²) in [7, 11) is 0. The van der Waals surface area contributed by atoms with Gasteiger partial charge in [0.15, 0.2) is 0 Å². The highest BCUT2D eigenvalue weighted by molar-refractivity contribution is 6.30. The van der Waals surface area contributed by atoms with Crippen molar-refractivity contribution in [2.75, 3.05) is 32.7 Å². The van der Waals surface area contributed by atoms with E-state index in [0.29, 0.717) is 38.3 Å². The van der Waals surface area contributed by atoms with Gasteiger partial charge in [-0.1, -0.05) is 17.7 Å². The highest BCUT2D eigenvalue weighted by Crippen LogP contribution is 2.53. The zero-order chi connectivity index (χ0) is 23.8. The van der Waals surface area contributed by atoms with Crippen LogP contribution in [0.5, 0.6) is 0 Å². The number of hydrogen-bond acceptors (Lipinski definition) is 4. The first-order valence-corrected chi connectivity index (χ1v) is 11.8. The molecule has 1 aromatic carbocycles. The zero-order valence-electron chi connectivity index (χ0n) is 18.7. The molecule has 3 amide bonds. The van der Waals surface area contributed by atoms with E-state index in [4.69, 9.17) is 11.6 Å². The molecule has 178 valence electrons. The quantitative estimate of drug-likeness (QED) is 0.660. The van der Waals surface area contributed by atoms with E-state index in [-0.39, 0.29) is 34.6 Å². The molecule has 0 bridgehead atoms. The fraction of sp³-hybridized carbons (Fsp3) is 0.542. The molecule has 1 aliphatic carbocycles. The lowest BCUT2D eigenvalue weighted by Gasteiger charge is -2.39. The van der Waals surface area contributed by atoms with Gasteiger partial charge in [-0.3, -0.25) is 14.4 Å². The molecule has 33 heavy (non-hydrogen) atoms. The van der Waals surface area contributed by atoms with Crippen LogP contribution in [0.3, 0.4) is 0 Å². The van der Waals surface area contributed by atoms with Crippen molar-refractivity contribution in [1.29, 1.82) is 0 Å². The van der Waals surface area contributed by atoms with E-state index in [1.807, 2.05) is 0 Å². The van der Waals surface area contributed by atoms with Crippen LogP contribution in [0, 0.1) is 11.2 Å². The summed E-state index contributed by atoms with van der Waals surface area (Å²) in [6.45, 7) is 3.72. The van der Waals surface area contributed by atoms with Crippen LogP contribution in [-0.2, 0) is 14.4 Å². The van der Waals surface area contributed by atoms with E-state index in [1.54, 1.807) is 16.7 Å². The Labute approximate surface area is 197 Å². The minimum absolute atomic E-state index is 0.0255. The third kappa shape index (κ3) is 5.06. The standard InChI is InChI=1S/C24H29ClFN3O4/c1-16-23(33)27(10-6-21(31)28-11-9-24(7-8-24)20(30)15-28)12-13-29(16)22(32)5-3-17-2-4-19(26)18(25)14-17/h2-5,14,16,20,30H,6-13,15H2,1H3/t16-,20+/m0/s1. The molecule has 4 rings (SSSR count).